The van der Waals surface area contributed by atoms with Gasteiger partial charge in [0.1, 0.15) is 5.69 Å². The molecule has 6 heteroatoms. The monoisotopic (exact) mass is 384 g/mol. The van der Waals surface area contributed by atoms with Gasteiger partial charge in [0, 0.05) is 33.9 Å². The maximum absolute atomic E-state index is 12.7. The van der Waals surface area contributed by atoms with Crippen molar-refractivity contribution in [1.82, 2.24) is 14.4 Å². The van der Waals surface area contributed by atoms with Gasteiger partial charge in [-0.05, 0) is 31.2 Å². The summed E-state index contributed by atoms with van der Waals surface area (Å²) in [7, 11) is 0. The third-order valence-electron chi connectivity index (χ3n) is 4.64. The lowest BCUT2D eigenvalue weighted by Gasteiger charge is -2.07. The van der Waals surface area contributed by atoms with E-state index in [1.807, 2.05) is 60.8 Å². The van der Waals surface area contributed by atoms with Gasteiger partial charge in [0.25, 0.3) is 5.91 Å². The summed E-state index contributed by atoms with van der Waals surface area (Å²) in [5.41, 5.74) is 4.91. The Morgan fingerprint density at radius 3 is 2.82 bits per heavy atom. The van der Waals surface area contributed by atoms with Crippen LogP contribution in [0.1, 0.15) is 16.2 Å². The molecule has 0 aliphatic rings. The molecule has 5 rings (SSSR count). The van der Waals surface area contributed by atoms with E-state index in [-0.39, 0.29) is 5.91 Å². The van der Waals surface area contributed by atoms with Crippen LogP contribution in [0.2, 0.25) is 0 Å². The highest BCUT2D eigenvalue weighted by molar-refractivity contribution is 7.15. The molecule has 0 atom stereocenters. The Morgan fingerprint density at radius 1 is 1.04 bits per heavy atom. The lowest BCUT2D eigenvalue weighted by Crippen LogP contribution is -2.13. The number of hydrogen-bond donors (Lipinski definition) is 1. The summed E-state index contributed by atoms with van der Waals surface area (Å²) in [6, 6.07) is 19.1. The van der Waals surface area contributed by atoms with Crippen molar-refractivity contribution >= 4 is 38.8 Å². The Labute approximate surface area is 165 Å². The smallest absolute Gasteiger partial charge is 0.274 e. The van der Waals surface area contributed by atoms with E-state index in [1.54, 1.807) is 17.4 Å². The van der Waals surface area contributed by atoms with Crippen LogP contribution in [-0.4, -0.2) is 20.3 Å². The summed E-state index contributed by atoms with van der Waals surface area (Å²) in [4.78, 5) is 22.7. The van der Waals surface area contributed by atoms with Crippen molar-refractivity contribution < 1.29 is 4.79 Å². The molecule has 0 spiro atoms. The van der Waals surface area contributed by atoms with Crippen LogP contribution in [0.4, 0.5) is 5.69 Å². The summed E-state index contributed by atoms with van der Waals surface area (Å²) in [6.45, 7) is 2.06. The van der Waals surface area contributed by atoms with Crippen LogP contribution in [-0.2, 0) is 0 Å². The molecular formula is C22H16N4OS. The molecule has 1 N–H and O–H groups in total. The highest BCUT2D eigenvalue weighted by Crippen LogP contribution is 2.25. The average molecular weight is 384 g/mol. The number of pyridine rings is 1. The fraction of sp³-hybridized carbons (Fsp3) is 0.0455. The molecule has 0 aliphatic heterocycles. The van der Waals surface area contributed by atoms with Crippen LogP contribution >= 0.6 is 11.3 Å². The zero-order valence-corrected chi connectivity index (χ0v) is 15.9. The lowest BCUT2D eigenvalue weighted by molar-refractivity contribution is 0.102. The fourth-order valence-corrected chi connectivity index (χ4v) is 4.03. The Bertz CT molecular complexity index is 1330. The Hall–Kier alpha value is -3.51. The third kappa shape index (κ3) is 2.93. The molecule has 3 aromatic heterocycles. The number of thiazole rings is 1. The Balaban J connectivity index is 1.43. The zero-order valence-electron chi connectivity index (χ0n) is 15.1. The third-order valence-corrected chi connectivity index (χ3v) is 5.59. The molecule has 0 unspecified atom stereocenters. The first kappa shape index (κ1) is 16.6. The first-order valence-corrected chi connectivity index (χ1v) is 9.76. The van der Waals surface area contributed by atoms with Crippen molar-refractivity contribution in [1.29, 1.82) is 0 Å². The second kappa shape index (κ2) is 6.58. The van der Waals surface area contributed by atoms with Crippen LogP contribution in [0, 0.1) is 6.92 Å². The molecule has 2 aromatic carbocycles. The van der Waals surface area contributed by atoms with Crippen molar-refractivity contribution in [3.63, 3.8) is 0 Å². The summed E-state index contributed by atoms with van der Waals surface area (Å²) in [6.07, 6.45) is 2.02. The average Bonchev–Trinajstić information content (AvgIpc) is 3.30. The maximum Gasteiger partial charge on any atom is 0.274 e. The van der Waals surface area contributed by atoms with Gasteiger partial charge in [-0.3, -0.25) is 9.20 Å². The van der Waals surface area contributed by atoms with E-state index < -0.39 is 0 Å². The Morgan fingerprint density at radius 2 is 1.93 bits per heavy atom. The molecule has 0 bridgehead atoms. The molecule has 3 heterocycles. The van der Waals surface area contributed by atoms with Crippen molar-refractivity contribution in [2.24, 2.45) is 0 Å². The molecule has 0 fully saturated rings. The van der Waals surface area contributed by atoms with E-state index in [4.69, 9.17) is 0 Å². The molecule has 136 valence electrons. The largest absolute Gasteiger partial charge is 0.321 e. The molecule has 0 saturated heterocycles. The van der Waals surface area contributed by atoms with Gasteiger partial charge in [-0.15, -0.1) is 11.3 Å². The number of imidazole rings is 1. The second-order valence-corrected chi connectivity index (χ2v) is 7.42. The van der Waals surface area contributed by atoms with Gasteiger partial charge < -0.3 is 5.32 Å². The van der Waals surface area contributed by atoms with E-state index in [1.165, 1.54) is 0 Å². The number of anilines is 1. The number of nitrogens with zero attached hydrogens (tertiary/aromatic N) is 3. The molecule has 0 radical (unpaired) electrons. The van der Waals surface area contributed by atoms with E-state index in [0.717, 1.165) is 32.8 Å². The topological polar surface area (TPSA) is 59.3 Å². The summed E-state index contributed by atoms with van der Waals surface area (Å²) < 4.78 is 2.07. The number of para-hydroxylation sites is 1. The quantitative estimate of drug-likeness (QED) is 0.467. The molecule has 5 nitrogen and oxygen atoms in total. The Kier molecular flexibility index (Phi) is 3.91. The number of carbonyl (C=O) groups is 1. The van der Waals surface area contributed by atoms with Crippen LogP contribution in [0.3, 0.4) is 0 Å². The van der Waals surface area contributed by atoms with E-state index in [0.29, 0.717) is 11.4 Å². The molecule has 1 amide bonds. The van der Waals surface area contributed by atoms with Crippen molar-refractivity contribution in [2.75, 3.05) is 5.32 Å². The van der Waals surface area contributed by atoms with Gasteiger partial charge in [-0.1, -0.05) is 36.4 Å². The number of nitrogens with one attached hydrogen (secondary N) is 1. The van der Waals surface area contributed by atoms with E-state index >= 15 is 0 Å². The van der Waals surface area contributed by atoms with Crippen molar-refractivity contribution in [2.45, 2.75) is 6.92 Å². The molecule has 0 saturated carbocycles. The standard InChI is InChI=1S/C22H16N4OS/c1-14-13-28-22-25-20(12-26(14)22)16-6-4-7-17(11-16)23-21(27)19-10-9-15-5-2-3-8-18(15)24-19/h2-13H,1H3,(H,23,27). The predicted octanol–water partition coefficient (Wildman–Crippen LogP) is 5.17. The number of carbonyl (C=O) groups excluding carboxylic acids is 1. The fourth-order valence-electron chi connectivity index (χ4n) is 3.18. The summed E-state index contributed by atoms with van der Waals surface area (Å²) >= 11 is 1.62. The lowest BCUT2D eigenvalue weighted by atomic mass is 10.1. The summed E-state index contributed by atoms with van der Waals surface area (Å²) in [5.74, 6) is -0.232. The van der Waals surface area contributed by atoms with Gasteiger partial charge in [0.2, 0.25) is 0 Å². The van der Waals surface area contributed by atoms with Crippen molar-refractivity contribution in [3.8, 4) is 11.3 Å². The van der Waals surface area contributed by atoms with Crippen molar-refractivity contribution in [3.05, 3.63) is 83.6 Å². The SMILES string of the molecule is Cc1csc2nc(-c3cccc(NC(=O)c4ccc5ccccc5n4)c3)cn12. The number of amides is 1. The highest BCUT2D eigenvalue weighted by Gasteiger charge is 2.11. The first-order chi connectivity index (χ1) is 13.7. The van der Waals surface area contributed by atoms with Gasteiger partial charge in [0.05, 0.1) is 11.2 Å². The van der Waals surface area contributed by atoms with Crippen LogP contribution < -0.4 is 5.32 Å². The number of hydrogen-bond acceptors (Lipinski definition) is 4. The minimum Gasteiger partial charge on any atom is -0.321 e. The molecular weight excluding hydrogens is 368 g/mol. The van der Waals surface area contributed by atoms with Crippen LogP contribution in [0.25, 0.3) is 27.1 Å². The number of benzene rings is 2. The normalized spacial score (nSPS) is 11.2. The zero-order chi connectivity index (χ0) is 19.1. The highest BCUT2D eigenvalue weighted by atomic mass is 32.1. The maximum atomic E-state index is 12.7. The van der Waals surface area contributed by atoms with Gasteiger partial charge in [0.15, 0.2) is 4.96 Å². The number of rotatable bonds is 3. The van der Waals surface area contributed by atoms with E-state index in [2.05, 4.69) is 32.0 Å². The van der Waals surface area contributed by atoms with Gasteiger partial charge in [-0.25, -0.2) is 9.97 Å². The first-order valence-electron chi connectivity index (χ1n) is 8.88. The minimum absolute atomic E-state index is 0.232. The predicted molar refractivity (Wildman–Crippen MR) is 113 cm³/mol. The number of aryl methyl sites for hydroxylation is 1. The number of fused-ring (bicyclic) bond motifs is 2. The van der Waals surface area contributed by atoms with Crippen LogP contribution in [0.5, 0.6) is 0 Å². The van der Waals surface area contributed by atoms with E-state index in [9.17, 15) is 4.79 Å². The molecule has 28 heavy (non-hydrogen) atoms. The second-order valence-electron chi connectivity index (χ2n) is 6.58. The summed E-state index contributed by atoms with van der Waals surface area (Å²) in [5, 5.41) is 6.03. The van der Waals surface area contributed by atoms with Gasteiger partial charge in [-0.2, -0.15) is 0 Å². The van der Waals surface area contributed by atoms with Gasteiger partial charge >= 0.3 is 0 Å². The molecule has 5 aromatic rings. The molecule has 0 aliphatic carbocycles. The van der Waals surface area contributed by atoms with Crippen LogP contribution in [0.15, 0.2) is 72.2 Å². The minimum atomic E-state index is -0.232. The number of aromatic nitrogens is 3.